The molecule has 27 heavy (non-hydrogen) atoms. The number of sulfonamides is 1. The van der Waals surface area contributed by atoms with Gasteiger partial charge in [0.25, 0.3) is 0 Å². The largest absolute Gasteiger partial charge is 0.356 e. The molecule has 1 aliphatic heterocycles. The number of aliphatic imine (C=N–C) groups is 1. The normalized spacial score (nSPS) is 24.6. The molecule has 1 heterocycles. The van der Waals surface area contributed by atoms with Gasteiger partial charge in [0.05, 0.1) is 5.75 Å². The van der Waals surface area contributed by atoms with Crippen LogP contribution in [-0.2, 0) is 10.0 Å². The van der Waals surface area contributed by atoms with Crippen molar-refractivity contribution in [3.05, 3.63) is 35.9 Å². The molecule has 0 bridgehead atoms. The van der Waals surface area contributed by atoms with Crippen molar-refractivity contribution < 1.29 is 8.42 Å². The Bertz CT molecular complexity index is 728. The Morgan fingerprint density at radius 2 is 1.93 bits per heavy atom. The summed E-state index contributed by atoms with van der Waals surface area (Å²) in [5.74, 6) is 2.39. The second kappa shape index (κ2) is 9.06. The summed E-state index contributed by atoms with van der Waals surface area (Å²) in [5, 5.41) is 6.91. The second-order valence-corrected chi connectivity index (χ2v) is 9.69. The van der Waals surface area contributed by atoms with Gasteiger partial charge in [0, 0.05) is 32.7 Å². The summed E-state index contributed by atoms with van der Waals surface area (Å²) in [6.07, 6.45) is 3.53. The van der Waals surface area contributed by atoms with Gasteiger partial charge in [0.1, 0.15) is 0 Å². The van der Waals surface area contributed by atoms with Crippen LogP contribution >= 0.6 is 0 Å². The first-order valence-corrected chi connectivity index (χ1v) is 11.6. The van der Waals surface area contributed by atoms with Crippen LogP contribution in [0.3, 0.4) is 0 Å². The summed E-state index contributed by atoms with van der Waals surface area (Å²) in [4.78, 5) is 4.34. The molecule has 2 N–H and O–H groups in total. The fraction of sp³-hybridized carbons (Fsp3) is 0.650. The molecular formula is C20H32N4O2S. The fourth-order valence-electron chi connectivity index (χ4n) is 3.86. The highest BCUT2D eigenvalue weighted by Crippen LogP contribution is 2.46. The summed E-state index contributed by atoms with van der Waals surface area (Å²) in [6.45, 7) is 4.01. The van der Waals surface area contributed by atoms with Gasteiger partial charge in [0.15, 0.2) is 5.96 Å². The molecule has 0 radical (unpaired) electrons. The lowest BCUT2D eigenvalue weighted by atomic mass is 10.1. The maximum atomic E-state index is 12.2. The topological polar surface area (TPSA) is 73.8 Å². The van der Waals surface area contributed by atoms with Crippen molar-refractivity contribution in [2.24, 2.45) is 10.9 Å². The van der Waals surface area contributed by atoms with Gasteiger partial charge in [-0.25, -0.2) is 12.7 Å². The lowest BCUT2D eigenvalue weighted by molar-refractivity contribution is 0.306. The van der Waals surface area contributed by atoms with Crippen LogP contribution in [-0.4, -0.2) is 57.2 Å². The monoisotopic (exact) mass is 392 g/mol. The van der Waals surface area contributed by atoms with Gasteiger partial charge in [-0.3, -0.25) is 4.99 Å². The Labute approximate surface area is 163 Å². The number of nitrogens with one attached hydrogen (secondary N) is 2. The van der Waals surface area contributed by atoms with Crippen LogP contribution in [0.5, 0.6) is 0 Å². The van der Waals surface area contributed by atoms with Crippen LogP contribution in [0, 0.1) is 5.92 Å². The zero-order chi connectivity index (χ0) is 19.3. The first kappa shape index (κ1) is 20.1. The molecule has 1 saturated carbocycles. The van der Waals surface area contributed by atoms with Crippen molar-refractivity contribution in [2.75, 3.05) is 32.4 Å². The Hall–Kier alpha value is -1.60. The lowest BCUT2D eigenvalue weighted by Gasteiger charge is -2.32. The van der Waals surface area contributed by atoms with Crippen molar-refractivity contribution in [1.29, 1.82) is 0 Å². The second-order valence-electron chi connectivity index (χ2n) is 7.60. The quantitative estimate of drug-likeness (QED) is 0.551. The molecule has 6 nitrogen and oxygen atoms in total. The van der Waals surface area contributed by atoms with Gasteiger partial charge in [0.2, 0.25) is 10.0 Å². The van der Waals surface area contributed by atoms with E-state index in [1.807, 2.05) is 6.92 Å². The smallest absolute Gasteiger partial charge is 0.214 e. The average Bonchev–Trinajstić information content (AvgIpc) is 3.46. The van der Waals surface area contributed by atoms with Crippen LogP contribution in [0.25, 0.3) is 0 Å². The SMILES string of the molecule is CCCS(=O)(=O)N1CCC(NC(=NC)NCC2CC2c2ccccc2)CC1. The van der Waals surface area contributed by atoms with E-state index in [0.29, 0.717) is 31.3 Å². The van der Waals surface area contributed by atoms with Crippen molar-refractivity contribution in [3.63, 3.8) is 0 Å². The predicted molar refractivity (Wildman–Crippen MR) is 110 cm³/mol. The molecule has 2 atom stereocenters. The molecular weight excluding hydrogens is 360 g/mol. The highest BCUT2D eigenvalue weighted by molar-refractivity contribution is 7.89. The molecule has 0 amide bonds. The van der Waals surface area contributed by atoms with Crippen LogP contribution < -0.4 is 10.6 Å². The number of hydrogen-bond donors (Lipinski definition) is 2. The van der Waals surface area contributed by atoms with Gasteiger partial charge in [-0.15, -0.1) is 0 Å². The third-order valence-electron chi connectivity index (χ3n) is 5.56. The minimum Gasteiger partial charge on any atom is -0.356 e. The molecule has 0 aromatic heterocycles. The Kier molecular flexibility index (Phi) is 6.76. The highest BCUT2D eigenvalue weighted by Gasteiger charge is 2.38. The Morgan fingerprint density at radius 1 is 1.22 bits per heavy atom. The molecule has 1 aliphatic carbocycles. The number of rotatable bonds is 7. The average molecular weight is 393 g/mol. The molecule has 1 saturated heterocycles. The van der Waals surface area contributed by atoms with Gasteiger partial charge >= 0.3 is 0 Å². The van der Waals surface area contributed by atoms with Gasteiger partial charge in [-0.2, -0.15) is 0 Å². The molecule has 2 aliphatic rings. The zero-order valence-corrected chi connectivity index (χ0v) is 17.2. The standard InChI is InChI=1S/C20H32N4O2S/c1-3-13-27(25,26)24-11-9-18(10-12-24)23-20(21-2)22-15-17-14-19(17)16-7-5-4-6-8-16/h4-8,17-19H,3,9-15H2,1-2H3,(H2,21,22,23). The van der Waals surface area contributed by atoms with Crippen molar-refractivity contribution >= 4 is 16.0 Å². The lowest BCUT2D eigenvalue weighted by Crippen LogP contribution is -2.50. The Balaban J connectivity index is 1.40. The zero-order valence-electron chi connectivity index (χ0n) is 16.4. The summed E-state index contributed by atoms with van der Waals surface area (Å²) in [7, 11) is -1.29. The maximum Gasteiger partial charge on any atom is 0.214 e. The van der Waals surface area contributed by atoms with Crippen molar-refractivity contribution in [2.45, 2.75) is 44.6 Å². The van der Waals surface area contributed by atoms with Crippen molar-refractivity contribution in [3.8, 4) is 0 Å². The molecule has 2 unspecified atom stereocenters. The van der Waals surface area contributed by atoms with Crippen molar-refractivity contribution in [1.82, 2.24) is 14.9 Å². The third-order valence-corrected chi connectivity index (χ3v) is 7.63. The number of piperidine rings is 1. The van der Waals surface area contributed by atoms with Crippen LogP contribution in [0.1, 0.15) is 44.1 Å². The minimum absolute atomic E-state index is 0.248. The van der Waals surface area contributed by atoms with E-state index in [9.17, 15) is 8.42 Å². The van der Waals surface area contributed by atoms with Gasteiger partial charge in [-0.1, -0.05) is 37.3 Å². The number of guanidine groups is 1. The first-order chi connectivity index (χ1) is 13.0. The van der Waals surface area contributed by atoms with E-state index in [-0.39, 0.29) is 11.8 Å². The Morgan fingerprint density at radius 3 is 2.56 bits per heavy atom. The fourth-order valence-corrected chi connectivity index (χ4v) is 5.40. The summed E-state index contributed by atoms with van der Waals surface area (Å²) in [6, 6.07) is 10.9. The van der Waals surface area contributed by atoms with E-state index in [1.165, 1.54) is 12.0 Å². The highest BCUT2D eigenvalue weighted by atomic mass is 32.2. The first-order valence-electron chi connectivity index (χ1n) is 10.0. The van der Waals surface area contributed by atoms with Crippen LogP contribution in [0.4, 0.5) is 0 Å². The van der Waals surface area contributed by atoms with Gasteiger partial charge in [-0.05, 0) is 43.1 Å². The van der Waals surface area contributed by atoms with E-state index in [0.717, 1.165) is 25.3 Å². The third kappa shape index (κ3) is 5.45. The van der Waals surface area contributed by atoms with E-state index in [1.54, 1.807) is 11.4 Å². The maximum absolute atomic E-state index is 12.2. The van der Waals surface area contributed by atoms with E-state index >= 15 is 0 Å². The molecule has 1 aromatic rings. The number of nitrogens with zero attached hydrogens (tertiary/aromatic N) is 2. The minimum atomic E-state index is -3.08. The number of hydrogen-bond acceptors (Lipinski definition) is 3. The summed E-state index contributed by atoms with van der Waals surface area (Å²) >= 11 is 0. The van der Waals surface area contributed by atoms with Gasteiger partial charge < -0.3 is 10.6 Å². The summed E-state index contributed by atoms with van der Waals surface area (Å²) < 4.78 is 26.0. The predicted octanol–water partition coefficient (Wildman–Crippen LogP) is 2.16. The molecule has 7 heteroatoms. The van der Waals surface area contributed by atoms with E-state index < -0.39 is 10.0 Å². The number of benzene rings is 1. The van der Waals surface area contributed by atoms with Crippen LogP contribution in [0.15, 0.2) is 35.3 Å². The molecule has 0 spiro atoms. The van der Waals surface area contributed by atoms with Crippen LogP contribution in [0.2, 0.25) is 0 Å². The van der Waals surface area contributed by atoms with E-state index in [2.05, 4.69) is 46.0 Å². The molecule has 1 aromatic carbocycles. The summed E-state index contributed by atoms with van der Waals surface area (Å²) in [5.41, 5.74) is 1.42. The molecule has 3 rings (SSSR count). The molecule has 2 fully saturated rings. The molecule has 150 valence electrons. The van der Waals surface area contributed by atoms with E-state index in [4.69, 9.17) is 0 Å².